The molecule has 0 aliphatic carbocycles. The summed E-state index contributed by atoms with van der Waals surface area (Å²) in [7, 11) is 0. The maximum absolute atomic E-state index is 11.9. The molecular weight excluding hydrogens is 348 g/mol. The fraction of sp³-hybridized carbons (Fsp3) is 0.917. The number of nitrogens with one attached hydrogen (secondary N) is 1. The molecule has 0 fully saturated rings. The summed E-state index contributed by atoms with van der Waals surface area (Å²) in [6, 6.07) is -0.588. The maximum atomic E-state index is 11.9. The van der Waals surface area contributed by atoms with E-state index in [1.165, 1.54) is 83.5 Å². The van der Waals surface area contributed by atoms with Crippen molar-refractivity contribution in [1.29, 1.82) is 0 Å². The van der Waals surface area contributed by atoms with Gasteiger partial charge >= 0.3 is 0 Å². The van der Waals surface area contributed by atoms with Gasteiger partial charge < -0.3 is 5.73 Å². The molecule has 0 saturated heterocycles. The summed E-state index contributed by atoms with van der Waals surface area (Å²) < 4.78 is 0. The lowest BCUT2D eigenvalue weighted by Gasteiger charge is -2.16. The number of carbonyl (C=O) groups excluding carboxylic acids is 2. The second kappa shape index (κ2) is 19.4. The van der Waals surface area contributed by atoms with Gasteiger partial charge in [0.15, 0.2) is 0 Å². The Morgan fingerprint density at radius 1 is 0.714 bits per heavy atom. The van der Waals surface area contributed by atoms with Crippen molar-refractivity contribution in [3.8, 4) is 0 Å². The molecule has 0 aromatic rings. The van der Waals surface area contributed by atoms with Crippen molar-refractivity contribution in [2.24, 2.45) is 11.7 Å². The van der Waals surface area contributed by atoms with Crippen LogP contribution in [0.5, 0.6) is 0 Å². The third-order valence-electron chi connectivity index (χ3n) is 5.83. The Bertz CT molecular complexity index is 385. The standard InChI is InChI=1S/C24H48N2O2/c1-4-6-7-8-9-10-11-12-13-14-15-16-17-18-19-20-22(27)26-24(28)23(25)21(3)5-2/h21,23H,4-20,25H2,1-3H3,(H,26,27,28)/t21-,23-/m0/s1. The maximum Gasteiger partial charge on any atom is 0.243 e. The van der Waals surface area contributed by atoms with Crippen molar-refractivity contribution in [3.05, 3.63) is 0 Å². The number of rotatable bonds is 19. The summed E-state index contributed by atoms with van der Waals surface area (Å²) in [4.78, 5) is 23.7. The fourth-order valence-corrected chi connectivity index (χ4v) is 3.45. The van der Waals surface area contributed by atoms with Crippen LogP contribution in [0.4, 0.5) is 0 Å². The lowest BCUT2D eigenvalue weighted by Crippen LogP contribution is -2.46. The third kappa shape index (κ3) is 16.1. The van der Waals surface area contributed by atoms with E-state index in [2.05, 4.69) is 12.2 Å². The topological polar surface area (TPSA) is 72.2 Å². The average molecular weight is 397 g/mol. The largest absolute Gasteiger partial charge is 0.320 e. The predicted octanol–water partition coefficient (Wildman–Crippen LogP) is 6.26. The van der Waals surface area contributed by atoms with Gasteiger partial charge in [-0.3, -0.25) is 14.9 Å². The minimum atomic E-state index is -0.588. The van der Waals surface area contributed by atoms with Crippen LogP contribution in [-0.2, 0) is 9.59 Å². The molecule has 4 nitrogen and oxygen atoms in total. The minimum absolute atomic E-state index is 0.0959. The molecule has 2 atom stereocenters. The van der Waals surface area contributed by atoms with Gasteiger partial charge in [-0.05, 0) is 12.3 Å². The summed E-state index contributed by atoms with van der Waals surface area (Å²) >= 11 is 0. The van der Waals surface area contributed by atoms with Gasteiger partial charge in [0.05, 0.1) is 6.04 Å². The minimum Gasteiger partial charge on any atom is -0.320 e. The lowest BCUT2D eigenvalue weighted by molar-refractivity contribution is -0.131. The van der Waals surface area contributed by atoms with Gasteiger partial charge in [0.1, 0.15) is 0 Å². The third-order valence-corrected chi connectivity index (χ3v) is 5.83. The molecule has 4 heteroatoms. The Labute approximate surface area is 174 Å². The summed E-state index contributed by atoms with van der Waals surface area (Å²) in [5.41, 5.74) is 5.84. The van der Waals surface area contributed by atoms with E-state index in [-0.39, 0.29) is 17.7 Å². The summed E-state index contributed by atoms with van der Waals surface area (Å²) in [5, 5.41) is 2.44. The first-order valence-corrected chi connectivity index (χ1v) is 12.1. The van der Waals surface area contributed by atoms with E-state index in [4.69, 9.17) is 5.73 Å². The van der Waals surface area contributed by atoms with E-state index in [0.717, 1.165) is 19.3 Å². The molecule has 0 rings (SSSR count). The molecule has 2 amide bonds. The summed E-state index contributed by atoms with van der Waals surface area (Å²) in [6.07, 6.45) is 20.9. The molecule has 0 radical (unpaired) electrons. The molecule has 3 N–H and O–H groups in total. The highest BCUT2D eigenvalue weighted by Crippen LogP contribution is 2.13. The molecule has 0 unspecified atom stereocenters. The van der Waals surface area contributed by atoms with Crippen LogP contribution in [0.2, 0.25) is 0 Å². The molecule has 0 aromatic heterocycles. The van der Waals surface area contributed by atoms with E-state index >= 15 is 0 Å². The van der Waals surface area contributed by atoms with Crippen LogP contribution < -0.4 is 11.1 Å². The quantitative estimate of drug-likeness (QED) is 0.253. The van der Waals surface area contributed by atoms with Crippen LogP contribution in [0.25, 0.3) is 0 Å². The van der Waals surface area contributed by atoms with Crippen molar-refractivity contribution in [2.45, 2.75) is 136 Å². The zero-order valence-corrected chi connectivity index (χ0v) is 19.1. The molecule has 0 aromatic carbocycles. The first kappa shape index (κ1) is 27.1. The van der Waals surface area contributed by atoms with Gasteiger partial charge in [0.25, 0.3) is 0 Å². The van der Waals surface area contributed by atoms with Gasteiger partial charge in [0, 0.05) is 6.42 Å². The van der Waals surface area contributed by atoms with Gasteiger partial charge in [-0.1, -0.05) is 117 Å². The fourth-order valence-electron chi connectivity index (χ4n) is 3.45. The van der Waals surface area contributed by atoms with Crippen molar-refractivity contribution >= 4 is 11.8 Å². The Morgan fingerprint density at radius 3 is 1.50 bits per heavy atom. The van der Waals surface area contributed by atoms with Crippen molar-refractivity contribution in [2.75, 3.05) is 0 Å². The molecule has 0 heterocycles. The van der Waals surface area contributed by atoms with Gasteiger partial charge in [-0.25, -0.2) is 0 Å². The van der Waals surface area contributed by atoms with Gasteiger partial charge in [-0.2, -0.15) is 0 Å². The Kier molecular flexibility index (Phi) is 18.8. The summed E-state index contributed by atoms with van der Waals surface area (Å²) in [6.45, 7) is 6.20. The van der Waals surface area contributed by atoms with E-state index in [9.17, 15) is 9.59 Å². The van der Waals surface area contributed by atoms with E-state index < -0.39 is 6.04 Å². The van der Waals surface area contributed by atoms with Gasteiger partial charge in [0.2, 0.25) is 11.8 Å². The lowest BCUT2D eigenvalue weighted by atomic mass is 9.99. The van der Waals surface area contributed by atoms with Crippen LogP contribution in [-0.4, -0.2) is 17.9 Å². The first-order chi connectivity index (χ1) is 13.5. The number of carbonyl (C=O) groups is 2. The molecule has 28 heavy (non-hydrogen) atoms. The zero-order valence-electron chi connectivity index (χ0n) is 19.1. The predicted molar refractivity (Wildman–Crippen MR) is 120 cm³/mol. The molecule has 0 saturated carbocycles. The van der Waals surface area contributed by atoms with Crippen molar-refractivity contribution < 1.29 is 9.59 Å². The molecule has 0 bridgehead atoms. The smallest absolute Gasteiger partial charge is 0.243 e. The van der Waals surface area contributed by atoms with Crippen LogP contribution in [0, 0.1) is 5.92 Å². The first-order valence-electron chi connectivity index (χ1n) is 12.1. The Morgan fingerprint density at radius 2 is 1.11 bits per heavy atom. The normalized spacial score (nSPS) is 13.3. The highest BCUT2D eigenvalue weighted by atomic mass is 16.2. The van der Waals surface area contributed by atoms with Gasteiger partial charge in [-0.15, -0.1) is 0 Å². The average Bonchev–Trinajstić information content (AvgIpc) is 2.69. The van der Waals surface area contributed by atoms with Crippen LogP contribution >= 0.6 is 0 Å². The molecule has 0 spiro atoms. The highest BCUT2D eigenvalue weighted by Gasteiger charge is 2.20. The monoisotopic (exact) mass is 396 g/mol. The van der Waals surface area contributed by atoms with Crippen molar-refractivity contribution in [3.63, 3.8) is 0 Å². The number of amides is 2. The number of hydrogen-bond donors (Lipinski definition) is 2. The van der Waals surface area contributed by atoms with Crippen molar-refractivity contribution in [1.82, 2.24) is 5.32 Å². The summed E-state index contributed by atoms with van der Waals surface area (Å²) in [5.74, 6) is -0.419. The highest BCUT2D eigenvalue weighted by molar-refractivity contribution is 5.97. The van der Waals surface area contributed by atoms with E-state index in [1.807, 2.05) is 13.8 Å². The molecular formula is C24H48N2O2. The van der Waals surface area contributed by atoms with E-state index in [1.54, 1.807) is 0 Å². The van der Waals surface area contributed by atoms with Crippen LogP contribution in [0.15, 0.2) is 0 Å². The number of nitrogens with two attached hydrogens (primary N) is 1. The zero-order chi connectivity index (χ0) is 21.0. The number of imide groups is 1. The number of hydrogen-bond acceptors (Lipinski definition) is 3. The SMILES string of the molecule is CCCCCCCCCCCCCCCCCC(=O)NC(=O)[C@@H](N)[C@@H](C)CC. The Balaban J connectivity index is 3.37. The second-order valence-corrected chi connectivity index (χ2v) is 8.52. The molecule has 0 aliphatic rings. The van der Waals surface area contributed by atoms with E-state index in [0.29, 0.717) is 6.42 Å². The van der Waals surface area contributed by atoms with Crippen LogP contribution in [0.1, 0.15) is 130 Å². The molecule has 0 aliphatic heterocycles. The number of unbranched alkanes of at least 4 members (excludes halogenated alkanes) is 14. The molecule has 166 valence electrons. The van der Waals surface area contributed by atoms with Crippen LogP contribution in [0.3, 0.4) is 0 Å². The second-order valence-electron chi connectivity index (χ2n) is 8.52. The Hall–Kier alpha value is -0.900.